The van der Waals surface area contributed by atoms with Crippen LogP contribution in [0.25, 0.3) is 11.2 Å². The lowest BCUT2D eigenvalue weighted by atomic mass is 9.91. The molecule has 16 nitrogen and oxygen atoms in total. The molecule has 0 unspecified atom stereocenters. The monoisotopic (exact) mass is 720 g/mol. The Morgan fingerprint density at radius 3 is 2.23 bits per heavy atom. The van der Waals surface area contributed by atoms with Crippen molar-refractivity contribution in [1.82, 2.24) is 49.7 Å². The van der Waals surface area contributed by atoms with E-state index in [0.717, 1.165) is 5.69 Å². The first kappa shape index (κ1) is 35.9. The molecule has 0 spiro atoms. The first-order valence-corrected chi connectivity index (χ1v) is 16.2. The number of aliphatic carboxylic acids is 1. The van der Waals surface area contributed by atoms with E-state index >= 15 is 0 Å². The maximum atomic E-state index is 11.2. The normalized spacial score (nSPS) is 18.7. The van der Waals surface area contributed by atoms with Gasteiger partial charge in [-0.15, -0.1) is 10.2 Å². The fourth-order valence-corrected chi connectivity index (χ4v) is 6.02. The molecule has 0 radical (unpaired) electrons. The quantitative estimate of drug-likeness (QED) is 0.113. The molecule has 2 aromatic carbocycles. The summed E-state index contributed by atoms with van der Waals surface area (Å²) in [5, 5.41) is 48.4. The predicted octanol–water partition coefficient (Wildman–Crippen LogP) is 3.28. The second-order valence-electron chi connectivity index (χ2n) is 12.0. The third kappa shape index (κ3) is 8.16. The first-order valence-electron chi connectivity index (χ1n) is 16.2. The Hall–Kier alpha value is -5.95. The topological polar surface area (TPSA) is 218 Å². The largest absolute Gasteiger partial charge is 0.490 e. The Labute approximate surface area is 293 Å². The molecule has 6 N–H and O–H groups in total. The summed E-state index contributed by atoms with van der Waals surface area (Å²) >= 11 is 0. The van der Waals surface area contributed by atoms with Crippen molar-refractivity contribution in [3.63, 3.8) is 0 Å². The summed E-state index contributed by atoms with van der Waals surface area (Å²) < 4.78 is 33.5. The molecule has 6 aromatic rings. The Morgan fingerprint density at radius 1 is 1.00 bits per heavy atom. The lowest BCUT2D eigenvalue weighted by molar-refractivity contribution is -0.192. The lowest BCUT2D eigenvalue weighted by Crippen LogP contribution is -2.31. The van der Waals surface area contributed by atoms with Crippen LogP contribution in [-0.2, 0) is 11.2 Å². The van der Waals surface area contributed by atoms with Gasteiger partial charge in [-0.2, -0.15) is 27.9 Å². The van der Waals surface area contributed by atoms with Crippen LogP contribution >= 0.6 is 0 Å². The number of benzene rings is 2. The number of aliphatic hydroxyl groups excluding tert-OH is 2. The molecular weight excluding hydrogens is 685 g/mol. The molecule has 1 aliphatic rings. The standard InChI is InChI=1S/C31H34N12O2.C2HF3O2/c1-19-39-41-43(40-19)25-14-24(27(44)28(25)45)42-18-36-26-29(37-31(38-30(26)42)33-13-12-22-15-32-17-35-22)34-16-23(20-8-4-2-5-9-20)21-10-6-3-7-11-21;3-2(4,5)1(6)7/h2-11,15,17-18,23-25,27-28,44-45H,12-14,16H2,1H3,(H,32,35)(H2,33,34,37,38);(H,6,7)/t24-,25+,27+,28-;/m1./s1. The van der Waals surface area contributed by atoms with Crippen LogP contribution in [0.5, 0.6) is 0 Å². The van der Waals surface area contributed by atoms with Crippen molar-refractivity contribution in [1.29, 1.82) is 0 Å². The molecule has 1 fully saturated rings. The van der Waals surface area contributed by atoms with E-state index in [1.54, 1.807) is 25.8 Å². The number of tetrazole rings is 1. The summed E-state index contributed by atoms with van der Waals surface area (Å²) in [7, 11) is 0. The molecule has 19 heteroatoms. The Morgan fingerprint density at radius 2 is 1.65 bits per heavy atom. The molecule has 272 valence electrons. The third-order valence-corrected chi connectivity index (χ3v) is 8.58. The number of anilines is 2. The van der Waals surface area contributed by atoms with Crippen molar-refractivity contribution in [3.05, 3.63) is 102 Å². The zero-order valence-corrected chi connectivity index (χ0v) is 27.6. The molecule has 4 heterocycles. The van der Waals surface area contributed by atoms with Gasteiger partial charge in [-0.3, -0.25) is 0 Å². The molecule has 4 aromatic heterocycles. The lowest BCUT2D eigenvalue weighted by Gasteiger charge is -2.20. The van der Waals surface area contributed by atoms with E-state index in [4.69, 9.17) is 24.9 Å². The average Bonchev–Trinajstić information content (AvgIpc) is 3.95. The molecule has 0 aliphatic heterocycles. The minimum Gasteiger partial charge on any atom is -0.475 e. The number of nitrogens with one attached hydrogen (secondary N) is 3. The van der Waals surface area contributed by atoms with Crippen LogP contribution in [-0.4, -0.2) is 102 Å². The number of aromatic nitrogens is 10. The number of imidazole rings is 2. The molecule has 7 rings (SSSR count). The molecule has 0 bridgehead atoms. The summed E-state index contributed by atoms with van der Waals surface area (Å²) in [6, 6.07) is 19.6. The number of rotatable bonds is 11. The Kier molecular flexibility index (Phi) is 10.7. The van der Waals surface area contributed by atoms with E-state index in [2.05, 4.69) is 60.3 Å². The van der Waals surface area contributed by atoms with Gasteiger partial charge in [0.15, 0.2) is 22.8 Å². The van der Waals surface area contributed by atoms with Crippen LogP contribution in [0.2, 0.25) is 0 Å². The number of aliphatic hydroxyl groups is 2. The van der Waals surface area contributed by atoms with Crippen LogP contribution in [0.15, 0.2) is 79.5 Å². The second kappa shape index (κ2) is 15.5. The van der Waals surface area contributed by atoms with Crippen LogP contribution < -0.4 is 10.6 Å². The number of fused-ring (bicyclic) bond motifs is 1. The van der Waals surface area contributed by atoms with Gasteiger partial charge in [-0.05, 0) is 29.7 Å². The number of nitrogens with zero attached hydrogens (tertiary/aromatic N) is 9. The summed E-state index contributed by atoms with van der Waals surface area (Å²) in [6.45, 7) is 2.86. The molecular formula is C33H35F3N12O4. The number of hydrogen-bond donors (Lipinski definition) is 6. The van der Waals surface area contributed by atoms with Crippen LogP contribution in [0.1, 0.15) is 47.1 Å². The number of alkyl halides is 3. The van der Waals surface area contributed by atoms with Crippen molar-refractivity contribution in [2.45, 2.75) is 56.2 Å². The van der Waals surface area contributed by atoms with Crippen molar-refractivity contribution in [2.75, 3.05) is 23.7 Å². The van der Waals surface area contributed by atoms with Crippen LogP contribution in [0.4, 0.5) is 24.9 Å². The Balaban J connectivity index is 0.000000604. The maximum Gasteiger partial charge on any atom is 0.490 e. The zero-order chi connectivity index (χ0) is 36.8. The number of aryl methyl sites for hydroxylation is 1. The minimum absolute atomic E-state index is 0.0579. The number of hydrogen-bond acceptors (Lipinski definition) is 12. The van der Waals surface area contributed by atoms with Crippen molar-refractivity contribution >= 4 is 28.9 Å². The summed E-state index contributed by atoms with van der Waals surface area (Å²) in [4.78, 5) is 31.8. The number of aromatic amines is 1. The number of carbonyl (C=O) groups is 1. The fraction of sp³-hybridized carbons (Fsp3) is 0.333. The van der Waals surface area contributed by atoms with Crippen molar-refractivity contribution < 1.29 is 33.3 Å². The molecule has 1 aliphatic carbocycles. The van der Waals surface area contributed by atoms with E-state index in [-0.39, 0.29) is 5.92 Å². The highest BCUT2D eigenvalue weighted by Gasteiger charge is 2.45. The second-order valence-corrected chi connectivity index (χ2v) is 12.0. The average molecular weight is 721 g/mol. The van der Waals surface area contributed by atoms with E-state index in [0.29, 0.717) is 54.7 Å². The number of H-pyrrole nitrogens is 1. The highest BCUT2D eigenvalue weighted by atomic mass is 19.4. The van der Waals surface area contributed by atoms with Crippen molar-refractivity contribution in [2.24, 2.45) is 0 Å². The summed E-state index contributed by atoms with van der Waals surface area (Å²) in [5.74, 6) is -1.22. The number of halogens is 3. The Bertz CT molecular complexity index is 2020. The van der Waals surface area contributed by atoms with Gasteiger partial charge >= 0.3 is 12.1 Å². The van der Waals surface area contributed by atoms with Gasteiger partial charge in [0.25, 0.3) is 0 Å². The van der Waals surface area contributed by atoms with Gasteiger partial charge in [0.1, 0.15) is 18.2 Å². The molecule has 52 heavy (non-hydrogen) atoms. The predicted molar refractivity (Wildman–Crippen MR) is 180 cm³/mol. The van der Waals surface area contributed by atoms with E-state index in [1.807, 2.05) is 41.0 Å². The van der Waals surface area contributed by atoms with Gasteiger partial charge in [0.05, 0.1) is 18.7 Å². The van der Waals surface area contributed by atoms with Gasteiger partial charge in [-0.25, -0.2) is 14.8 Å². The van der Waals surface area contributed by atoms with Gasteiger partial charge < -0.3 is 35.5 Å². The minimum atomic E-state index is -5.08. The van der Waals surface area contributed by atoms with Crippen LogP contribution in [0, 0.1) is 6.92 Å². The molecule has 0 saturated heterocycles. The van der Waals surface area contributed by atoms with Gasteiger partial charge in [0.2, 0.25) is 5.95 Å². The SMILES string of the molecule is Cc1nnn([C@H]2C[C@@H](n3cnc4c(NCC(c5ccccc5)c5ccccc5)nc(NCCc5cnc[nH]5)nc43)[C@H](O)[C@@H]2O)n1.O=C(O)C(F)(F)F. The maximum absolute atomic E-state index is 11.2. The first-order chi connectivity index (χ1) is 25.0. The van der Waals surface area contributed by atoms with Crippen LogP contribution in [0.3, 0.4) is 0 Å². The molecule has 1 saturated carbocycles. The van der Waals surface area contributed by atoms with E-state index < -0.39 is 36.4 Å². The fourth-order valence-electron chi connectivity index (χ4n) is 6.02. The van der Waals surface area contributed by atoms with E-state index in [1.165, 1.54) is 15.9 Å². The van der Waals surface area contributed by atoms with Gasteiger partial charge in [-0.1, -0.05) is 60.7 Å². The zero-order valence-electron chi connectivity index (χ0n) is 27.6. The molecule has 0 amide bonds. The number of carboxylic acids is 1. The van der Waals surface area contributed by atoms with Crippen molar-refractivity contribution in [3.8, 4) is 0 Å². The highest BCUT2D eigenvalue weighted by molar-refractivity contribution is 5.84. The molecule has 4 atom stereocenters. The smallest absolute Gasteiger partial charge is 0.475 e. The number of carboxylic acid groups (broad SMARTS) is 1. The highest BCUT2D eigenvalue weighted by Crippen LogP contribution is 2.39. The summed E-state index contributed by atoms with van der Waals surface area (Å²) in [5.41, 5.74) is 4.44. The van der Waals surface area contributed by atoms with Gasteiger partial charge in [0, 0.05) is 37.3 Å². The summed E-state index contributed by atoms with van der Waals surface area (Å²) in [6.07, 6.45) is -1.12. The van der Waals surface area contributed by atoms with E-state index in [9.17, 15) is 23.4 Å². The third-order valence-electron chi connectivity index (χ3n) is 8.58.